The summed E-state index contributed by atoms with van der Waals surface area (Å²) in [5.74, 6) is 0.423. The quantitative estimate of drug-likeness (QED) is 0.623. The minimum atomic E-state index is -0.239. The SMILES string of the molecule is CC(C)C1CC(C(=O)Nc2ccc(NCc3ccccc3)c(Cl)c2)NN1. The normalized spacial score (nSPS) is 19.5. The predicted octanol–water partition coefficient (Wildman–Crippen LogP) is 3.78. The molecule has 26 heavy (non-hydrogen) atoms. The molecule has 6 heteroatoms. The number of carbonyl (C=O) groups is 1. The van der Waals surface area contributed by atoms with Crippen LogP contribution in [0.4, 0.5) is 11.4 Å². The van der Waals surface area contributed by atoms with Crippen molar-refractivity contribution in [3.05, 3.63) is 59.1 Å². The zero-order valence-electron chi connectivity index (χ0n) is 15.1. The van der Waals surface area contributed by atoms with E-state index in [2.05, 4.69) is 47.5 Å². The fraction of sp³-hybridized carbons (Fsp3) is 0.350. The van der Waals surface area contributed by atoms with Crippen molar-refractivity contribution in [1.82, 2.24) is 10.9 Å². The predicted molar refractivity (Wildman–Crippen MR) is 107 cm³/mol. The average molecular weight is 373 g/mol. The molecule has 3 rings (SSSR count). The molecule has 0 saturated carbocycles. The molecule has 1 saturated heterocycles. The van der Waals surface area contributed by atoms with Gasteiger partial charge in [0.05, 0.1) is 10.7 Å². The summed E-state index contributed by atoms with van der Waals surface area (Å²) in [4.78, 5) is 12.4. The van der Waals surface area contributed by atoms with E-state index in [4.69, 9.17) is 11.6 Å². The first-order valence-corrected chi connectivity index (χ1v) is 9.30. The molecule has 1 fully saturated rings. The number of hydrogen-bond donors (Lipinski definition) is 4. The van der Waals surface area contributed by atoms with Gasteiger partial charge in [0.15, 0.2) is 0 Å². The van der Waals surface area contributed by atoms with Crippen molar-refractivity contribution in [1.29, 1.82) is 0 Å². The van der Waals surface area contributed by atoms with Crippen molar-refractivity contribution in [2.45, 2.75) is 38.9 Å². The van der Waals surface area contributed by atoms with Crippen molar-refractivity contribution in [3.8, 4) is 0 Å². The van der Waals surface area contributed by atoms with Crippen molar-refractivity contribution in [2.75, 3.05) is 10.6 Å². The summed E-state index contributed by atoms with van der Waals surface area (Å²) in [6.45, 7) is 4.97. The second-order valence-corrected chi connectivity index (χ2v) is 7.36. The van der Waals surface area contributed by atoms with E-state index in [0.29, 0.717) is 29.2 Å². The van der Waals surface area contributed by atoms with Crippen LogP contribution in [0.3, 0.4) is 0 Å². The van der Waals surface area contributed by atoms with E-state index < -0.39 is 0 Å². The molecule has 0 spiro atoms. The van der Waals surface area contributed by atoms with E-state index in [-0.39, 0.29) is 11.9 Å². The third kappa shape index (κ3) is 4.75. The Morgan fingerprint density at radius 2 is 1.96 bits per heavy atom. The molecule has 2 aromatic rings. The van der Waals surface area contributed by atoms with Crippen molar-refractivity contribution in [2.24, 2.45) is 5.92 Å². The van der Waals surface area contributed by atoms with Crippen LogP contribution in [0.15, 0.2) is 48.5 Å². The van der Waals surface area contributed by atoms with Crippen LogP contribution in [0.25, 0.3) is 0 Å². The maximum absolute atomic E-state index is 12.4. The largest absolute Gasteiger partial charge is 0.380 e. The molecule has 2 aromatic carbocycles. The van der Waals surface area contributed by atoms with E-state index in [0.717, 1.165) is 12.1 Å². The minimum absolute atomic E-state index is 0.0540. The van der Waals surface area contributed by atoms with Crippen LogP contribution < -0.4 is 21.5 Å². The fourth-order valence-electron chi connectivity index (χ4n) is 2.95. The third-order valence-electron chi connectivity index (χ3n) is 4.62. The number of amides is 1. The topological polar surface area (TPSA) is 65.2 Å². The van der Waals surface area contributed by atoms with Gasteiger partial charge in [0.2, 0.25) is 5.91 Å². The minimum Gasteiger partial charge on any atom is -0.380 e. The van der Waals surface area contributed by atoms with E-state index in [1.807, 2.05) is 30.3 Å². The summed E-state index contributed by atoms with van der Waals surface area (Å²) in [6, 6.07) is 15.7. The van der Waals surface area contributed by atoms with Crippen LogP contribution >= 0.6 is 11.6 Å². The molecule has 0 aliphatic carbocycles. The number of hydrogen-bond acceptors (Lipinski definition) is 4. The van der Waals surface area contributed by atoms with Gasteiger partial charge < -0.3 is 10.6 Å². The van der Waals surface area contributed by atoms with E-state index in [9.17, 15) is 4.79 Å². The lowest BCUT2D eigenvalue weighted by Gasteiger charge is -2.14. The first-order chi connectivity index (χ1) is 12.5. The maximum atomic E-state index is 12.4. The van der Waals surface area contributed by atoms with Crippen LogP contribution in [0.1, 0.15) is 25.8 Å². The Labute approximate surface area is 159 Å². The maximum Gasteiger partial charge on any atom is 0.242 e. The van der Waals surface area contributed by atoms with Gasteiger partial charge in [-0.3, -0.25) is 10.2 Å². The molecule has 2 unspecified atom stereocenters. The molecule has 1 amide bonds. The number of benzene rings is 2. The summed E-state index contributed by atoms with van der Waals surface area (Å²) in [6.07, 6.45) is 0.772. The van der Waals surface area contributed by atoms with Gasteiger partial charge in [0.25, 0.3) is 0 Å². The van der Waals surface area contributed by atoms with Crippen LogP contribution in [0.5, 0.6) is 0 Å². The van der Waals surface area contributed by atoms with Crippen molar-refractivity contribution < 1.29 is 4.79 Å². The molecular weight excluding hydrogens is 348 g/mol. The lowest BCUT2D eigenvalue weighted by molar-refractivity contribution is -0.117. The summed E-state index contributed by atoms with van der Waals surface area (Å²) in [5.41, 5.74) is 8.96. The Kier molecular flexibility index (Phi) is 6.14. The fourth-order valence-corrected chi connectivity index (χ4v) is 3.20. The second kappa shape index (κ2) is 8.54. The summed E-state index contributed by atoms with van der Waals surface area (Å²) >= 11 is 6.36. The monoisotopic (exact) mass is 372 g/mol. The van der Waals surface area contributed by atoms with Crippen LogP contribution in [0, 0.1) is 5.92 Å². The van der Waals surface area contributed by atoms with Gasteiger partial charge in [-0.25, -0.2) is 5.43 Å². The highest BCUT2D eigenvalue weighted by Gasteiger charge is 2.30. The van der Waals surface area contributed by atoms with Gasteiger partial charge in [0.1, 0.15) is 6.04 Å². The molecule has 0 aromatic heterocycles. The number of anilines is 2. The molecule has 2 atom stereocenters. The van der Waals surface area contributed by atoms with Crippen molar-refractivity contribution in [3.63, 3.8) is 0 Å². The molecule has 1 heterocycles. The number of hydrazine groups is 1. The van der Waals surface area contributed by atoms with E-state index in [1.165, 1.54) is 5.56 Å². The second-order valence-electron chi connectivity index (χ2n) is 6.95. The number of halogens is 1. The van der Waals surface area contributed by atoms with Gasteiger partial charge >= 0.3 is 0 Å². The lowest BCUT2D eigenvalue weighted by Crippen LogP contribution is -2.40. The number of rotatable bonds is 6. The molecule has 138 valence electrons. The highest BCUT2D eigenvalue weighted by Crippen LogP contribution is 2.26. The van der Waals surface area contributed by atoms with Gasteiger partial charge in [0, 0.05) is 18.3 Å². The van der Waals surface area contributed by atoms with E-state index in [1.54, 1.807) is 6.07 Å². The molecule has 5 nitrogen and oxygen atoms in total. The van der Waals surface area contributed by atoms with Gasteiger partial charge in [-0.15, -0.1) is 0 Å². The van der Waals surface area contributed by atoms with Gasteiger partial charge in [-0.2, -0.15) is 0 Å². The van der Waals surface area contributed by atoms with Crippen LogP contribution in [-0.2, 0) is 11.3 Å². The summed E-state index contributed by atoms with van der Waals surface area (Å²) in [7, 11) is 0. The average Bonchev–Trinajstić information content (AvgIpc) is 3.12. The summed E-state index contributed by atoms with van der Waals surface area (Å²) in [5, 5.41) is 6.83. The molecule has 4 N–H and O–H groups in total. The standard InChI is InChI=1S/C20H25ClN4O/c1-13(2)18-11-19(25-24-18)20(26)23-15-8-9-17(16(21)10-15)22-12-14-6-4-3-5-7-14/h3-10,13,18-19,22,24-25H,11-12H2,1-2H3,(H,23,26). The molecule has 1 aliphatic heterocycles. The number of nitrogens with one attached hydrogen (secondary N) is 4. The van der Waals surface area contributed by atoms with Crippen LogP contribution in [-0.4, -0.2) is 18.0 Å². The molecule has 0 bridgehead atoms. The summed E-state index contributed by atoms with van der Waals surface area (Å²) < 4.78 is 0. The van der Waals surface area contributed by atoms with E-state index >= 15 is 0 Å². The van der Waals surface area contributed by atoms with Gasteiger partial charge in [-0.05, 0) is 36.1 Å². The first kappa shape index (κ1) is 18.7. The first-order valence-electron chi connectivity index (χ1n) is 8.92. The third-order valence-corrected chi connectivity index (χ3v) is 4.93. The molecule has 0 radical (unpaired) electrons. The van der Waals surface area contributed by atoms with Crippen molar-refractivity contribution >= 4 is 28.9 Å². The molecular formula is C20H25ClN4O. The highest BCUT2D eigenvalue weighted by molar-refractivity contribution is 6.33. The zero-order valence-corrected chi connectivity index (χ0v) is 15.8. The van der Waals surface area contributed by atoms with Crippen LogP contribution in [0.2, 0.25) is 5.02 Å². The highest BCUT2D eigenvalue weighted by atomic mass is 35.5. The Hall–Kier alpha value is -2.08. The Bertz CT molecular complexity index is 751. The number of carbonyl (C=O) groups excluding carboxylic acids is 1. The Morgan fingerprint density at radius 3 is 2.62 bits per heavy atom. The smallest absolute Gasteiger partial charge is 0.242 e. The Morgan fingerprint density at radius 1 is 1.19 bits per heavy atom. The Balaban J connectivity index is 1.56. The lowest BCUT2D eigenvalue weighted by atomic mass is 9.99. The zero-order chi connectivity index (χ0) is 18.5. The molecule has 1 aliphatic rings. The van der Waals surface area contributed by atoms with Gasteiger partial charge in [-0.1, -0.05) is 55.8 Å².